The van der Waals surface area contributed by atoms with Crippen LogP contribution in [0.3, 0.4) is 0 Å². The quantitative estimate of drug-likeness (QED) is 0.786. The van der Waals surface area contributed by atoms with Gasteiger partial charge in [-0.05, 0) is 41.3 Å². The van der Waals surface area contributed by atoms with Crippen molar-refractivity contribution in [3.05, 3.63) is 93.7 Å². The van der Waals surface area contributed by atoms with E-state index >= 15 is 0 Å². The first-order valence-electron chi connectivity index (χ1n) is 7.17. The first kappa shape index (κ1) is 15.0. The Morgan fingerprint density at radius 2 is 1.74 bits per heavy atom. The van der Waals surface area contributed by atoms with Gasteiger partial charge in [-0.15, -0.1) is 11.3 Å². The zero-order valence-electron chi connectivity index (χ0n) is 12.3. The molecule has 0 fully saturated rings. The van der Waals surface area contributed by atoms with Crippen molar-refractivity contribution in [1.82, 2.24) is 5.32 Å². The number of nitrogens with zero attached hydrogens (tertiary/aromatic N) is 1. The maximum atomic E-state index is 12.5. The van der Waals surface area contributed by atoms with E-state index in [4.69, 9.17) is 5.26 Å². The second-order valence-electron chi connectivity index (χ2n) is 5.02. The highest BCUT2D eigenvalue weighted by Crippen LogP contribution is 2.26. The largest absolute Gasteiger partial charge is 0.340 e. The molecule has 1 aromatic heterocycles. The van der Waals surface area contributed by atoms with Crippen molar-refractivity contribution in [2.24, 2.45) is 0 Å². The lowest BCUT2D eigenvalue weighted by Gasteiger charge is -2.18. The molecule has 3 aromatic rings. The van der Waals surface area contributed by atoms with E-state index in [0.29, 0.717) is 11.1 Å². The molecule has 0 aliphatic carbocycles. The zero-order chi connectivity index (χ0) is 16.1. The number of rotatable bonds is 4. The van der Waals surface area contributed by atoms with Crippen LogP contribution in [-0.2, 0) is 0 Å². The van der Waals surface area contributed by atoms with Gasteiger partial charge >= 0.3 is 0 Å². The molecule has 112 valence electrons. The summed E-state index contributed by atoms with van der Waals surface area (Å²) >= 11 is 1.61. The van der Waals surface area contributed by atoms with Crippen molar-refractivity contribution < 1.29 is 4.79 Å². The highest BCUT2D eigenvalue weighted by molar-refractivity contribution is 7.10. The van der Waals surface area contributed by atoms with Crippen molar-refractivity contribution in [3.8, 4) is 6.07 Å². The molecule has 2 aromatic carbocycles. The molecule has 0 bridgehead atoms. The summed E-state index contributed by atoms with van der Waals surface area (Å²) in [6.45, 7) is 0. The molecule has 0 aliphatic rings. The molecular formula is C19H14N2OS. The number of thiophene rings is 1. The Balaban J connectivity index is 1.86. The summed E-state index contributed by atoms with van der Waals surface area (Å²) in [5, 5.41) is 13.9. The number of benzene rings is 2. The number of amides is 1. The fourth-order valence-corrected chi connectivity index (χ4v) is 3.13. The fourth-order valence-electron chi connectivity index (χ4n) is 2.33. The molecule has 1 N–H and O–H groups in total. The number of nitriles is 1. The van der Waals surface area contributed by atoms with E-state index in [2.05, 4.69) is 11.4 Å². The summed E-state index contributed by atoms with van der Waals surface area (Å²) in [5.74, 6) is -0.156. The van der Waals surface area contributed by atoms with E-state index in [-0.39, 0.29) is 11.9 Å². The van der Waals surface area contributed by atoms with Crippen molar-refractivity contribution in [3.63, 3.8) is 0 Å². The predicted octanol–water partition coefficient (Wildman–Crippen LogP) is 4.14. The monoisotopic (exact) mass is 318 g/mol. The summed E-state index contributed by atoms with van der Waals surface area (Å²) < 4.78 is 0. The van der Waals surface area contributed by atoms with Gasteiger partial charge in [0.05, 0.1) is 17.7 Å². The van der Waals surface area contributed by atoms with Gasteiger partial charge in [0.15, 0.2) is 0 Å². The molecule has 0 spiro atoms. The highest BCUT2D eigenvalue weighted by atomic mass is 32.1. The fraction of sp³-hybridized carbons (Fsp3) is 0.0526. The van der Waals surface area contributed by atoms with Gasteiger partial charge in [0, 0.05) is 10.4 Å². The van der Waals surface area contributed by atoms with Gasteiger partial charge in [0.25, 0.3) is 5.91 Å². The maximum absolute atomic E-state index is 12.5. The molecule has 0 aliphatic heterocycles. The Kier molecular flexibility index (Phi) is 4.51. The van der Waals surface area contributed by atoms with E-state index in [1.54, 1.807) is 35.6 Å². The van der Waals surface area contributed by atoms with E-state index in [1.807, 2.05) is 47.8 Å². The van der Waals surface area contributed by atoms with Crippen molar-refractivity contribution in [2.75, 3.05) is 0 Å². The van der Waals surface area contributed by atoms with Crippen LogP contribution >= 0.6 is 11.3 Å². The van der Waals surface area contributed by atoms with Crippen molar-refractivity contribution in [1.29, 1.82) is 5.26 Å². The molecule has 1 heterocycles. The first-order chi connectivity index (χ1) is 11.3. The molecule has 0 unspecified atom stereocenters. The smallest absolute Gasteiger partial charge is 0.252 e. The van der Waals surface area contributed by atoms with Crippen molar-refractivity contribution in [2.45, 2.75) is 6.04 Å². The Labute approximate surface area is 138 Å². The number of hydrogen-bond donors (Lipinski definition) is 1. The molecular weight excluding hydrogens is 304 g/mol. The van der Waals surface area contributed by atoms with Crippen LogP contribution in [0.4, 0.5) is 0 Å². The molecule has 3 rings (SSSR count). The zero-order valence-corrected chi connectivity index (χ0v) is 13.1. The SMILES string of the molecule is N#Cc1ccc(C(=O)N[C@H](c2ccccc2)c2cccs2)cc1. The summed E-state index contributed by atoms with van der Waals surface area (Å²) in [6.07, 6.45) is 0. The Bertz CT molecular complexity index is 818. The predicted molar refractivity (Wildman–Crippen MR) is 91.2 cm³/mol. The van der Waals surface area contributed by atoms with Gasteiger partial charge in [0.1, 0.15) is 0 Å². The van der Waals surface area contributed by atoms with Gasteiger partial charge in [-0.25, -0.2) is 0 Å². The minimum Gasteiger partial charge on any atom is -0.340 e. The summed E-state index contributed by atoms with van der Waals surface area (Å²) in [5.41, 5.74) is 2.12. The van der Waals surface area contributed by atoms with Crippen LogP contribution in [0.25, 0.3) is 0 Å². The minimum atomic E-state index is -0.181. The number of carbonyl (C=O) groups is 1. The van der Waals surface area contributed by atoms with Gasteiger partial charge in [-0.3, -0.25) is 4.79 Å². The Hall–Kier alpha value is -2.90. The Morgan fingerprint density at radius 1 is 1.00 bits per heavy atom. The molecule has 1 amide bonds. The third kappa shape index (κ3) is 3.47. The second kappa shape index (κ2) is 6.91. The lowest BCUT2D eigenvalue weighted by molar-refractivity contribution is 0.0943. The van der Waals surface area contributed by atoms with Gasteiger partial charge in [-0.1, -0.05) is 36.4 Å². The van der Waals surface area contributed by atoms with Crippen LogP contribution in [0.15, 0.2) is 72.1 Å². The second-order valence-corrected chi connectivity index (χ2v) is 6.00. The third-order valence-corrected chi connectivity index (χ3v) is 4.45. The molecule has 23 heavy (non-hydrogen) atoms. The molecule has 0 saturated carbocycles. The summed E-state index contributed by atoms with van der Waals surface area (Å²) in [4.78, 5) is 13.6. The number of carbonyl (C=O) groups excluding carboxylic acids is 1. The van der Waals surface area contributed by atoms with Crippen molar-refractivity contribution >= 4 is 17.2 Å². The maximum Gasteiger partial charge on any atom is 0.252 e. The Morgan fingerprint density at radius 3 is 2.35 bits per heavy atom. The molecule has 1 atom stereocenters. The topological polar surface area (TPSA) is 52.9 Å². The van der Waals surface area contributed by atoms with Gasteiger partial charge in [-0.2, -0.15) is 5.26 Å². The lowest BCUT2D eigenvalue weighted by Crippen LogP contribution is -2.28. The van der Waals surface area contributed by atoms with Gasteiger partial charge < -0.3 is 5.32 Å². The van der Waals surface area contributed by atoms with E-state index in [0.717, 1.165) is 10.4 Å². The van der Waals surface area contributed by atoms with E-state index in [9.17, 15) is 4.79 Å². The normalized spacial score (nSPS) is 11.4. The van der Waals surface area contributed by atoms with Crippen LogP contribution in [0.2, 0.25) is 0 Å². The van der Waals surface area contributed by atoms with E-state index < -0.39 is 0 Å². The van der Waals surface area contributed by atoms with Crippen LogP contribution in [0.1, 0.15) is 32.4 Å². The van der Waals surface area contributed by atoms with Gasteiger partial charge in [0.2, 0.25) is 0 Å². The molecule has 0 saturated heterocycles. The average molecular weight is 318 g/mol. The lowest BCUT2D eigenvalue weighted by atomic mass is 10.0. The molecule has 0 radical (unpaired) electrons. The van der Waals surface area contributed by atoms with Crippen LogP contribution in [0.5, 0.6) is 0 Å². The minimum absolute atomic E-state index is 0.156. The number of nitrogens with one attached hydrogen (secondary N) is 1. The molecule has 3 nitrogen and oxygen atoms in total. The molecule has 4 heteroatoms. The number of hydrogen-bond acceptors (Lipinski definition) is 3. The van der Waals surface area contributed by atoms with Crippen LogP contribution in [0, 0.1) is 11.3 Å². The average Bonchev–Trinajstić information content (AvgIpc) is 3.14. The highest BCUT2D eigenvalue weighted by Gasteiger charge is 2.18. The first-order valence-corrected chi connectivity index (χ1v) is 8.05. The van der Waals surface area contributed by atoms with Crippen LogP contribution < -0.4 is 5.32 Å². The van der Waals surface area contributed by atoms with E-state index in [1.165, 1.54) is 0 Å². The summed E-state index contributed by atoms with van der Waals surface area (Å²) in [6, 6.07) is 22.4. The van der Waals surface area contributed by atoms with Crippen LogP contribution in [-0.4, -0.2) is 5.91 Å². The standard InChI is InChI=1S/C19H14N2OS/c20-13-14-8-10-16(11-9-14)19(22)21-18(17-7-4-12-23-17)15-5-2-1-3-6-15/h1-12,18H,(H,21,22)/t18-/m1/s1. The third-order valence-electron chi connectivity index (χ3n) is 3.51. The summed E-state index contributed by atoms with van der Waals surface area (Å²) in [7, 11) is 0.